The Bertz CT molecular complexity index is 558. The van der Waals surface area contributed by atoms with E-state index in [2.05, 4.69) is 46.4 Å². The van der Waals surface area contributed by atoms with Crippen LogP contribution in [0.1, 0.15) is 24.2 Å². The zero-order valence-electron chi connectivity index (χ0n) is 10.5. The van der Waals surface area contributed by atoms with Crippen LogP contribution in [0.5, 0.6) is 0 Å². The van der Waals surface area contributed by atoms with Gasteiger partial charge in [0.1, 0.15) is 5.82 Å². The van der Waals surface area contributed by atoms with Gasteiger partial charge in [-0.2, -0.15) is 11.8 Å². The summed E-state index contributed by atoms with van der Waals surface area (Å²) >= 11 is 8.12. The Morgan fingerprint density at radius 1 is 1.50 bits per heavy atom. The van der Waals surface area contributed by atoms with Crippen LogP contribution in [0.4, 0.5) is 0 Å². The molecule has 96 valence electrons. The largest absolute Gasteiger partial charge is 0.326 e. The lowest BCUT2D eigenvalue weighted by Gasteiger charge is -2.13. The molecule has 0 amide bonds. The maximum absolute atomic E-state index is 6.04. The standard InChI is InChI=1S/C14H17ClN2S/c1-10-4-5-12-13(7-10)17(14(8-15)16-12)9-11-3-2-6-18-11/h4-5,7,11H,2-3,6,8-9H2,1H3. The lowest BCUT2D eigenvalue weighted by molar-refractivity contribution is 0.634. The molecular formula is C14H17ClN2S. The number of rotatable bonds is 3. The first kappa shape index (κ1) is 12.4. The predicted octanol–water partition coefficient (Wildman–Crippen LogP) is 3.98. The van der Waals surface area contributed by atoms with Crippen molar-refractivity contribution >= 4 is 34.4 Å². The third kappa shape index (κ3) is 2.26. The lowest BCUT2D eigenvalue weighted by atomic mass is 10.2. The summed E-state index contributed by atoms with van der Waals surface area (Å²) in [5, 5.41) is 0.727. The van der Waals surface area contributed by atoms with Gasteiger partial charge in [-0.05, 0) is 43.2 Å². The molecule has 1 atom stereocenters. The molecule has 0 bridgehead atoms. The van der Waals surface area contributed by atoms with Gasteiger partial charge in [0.2, 0.25) is 0 Å². The van der Waals surface area contributed by atoms with Crippen molar-refractivity contribution in [2.24, 2.45) is 0 Å². The monoisotopic (exact) mass is 280 g/mol. The van der Waals surface area contributed by atoms with Crippen LogP contribution in [0.15, 0.2) is 18.2 Å². The molecule has 0 saturated carbocycles. The van der Waals surface area contributed by atoms with Gasteiger partial charge in [-0.1, -0.05) is 6.07 Å². The average Bonchev–Trinajstić information content (AvgIpc) is 2.98. The van der Waals surface area contributed by atoms with Crippen molar-refractivity contribution in [2.75, 3.05) is 5.75 Å². The molecular weight excluding hydrogens is 264 g/mol. The smallest absolute Gasteiger partial charge is 0.124 e. The van der Waals surface area contributed by atoms with Gasteiger partial charge in [-0.25, -0.2) is 4.98 Å². The second-order valence-electron chi connectivity index (χ2n) is 4.90. The van der Waals surface area contributed by atoms with Crippen LogP contribution >= 0.6 is 23.4 Å². The number of fused-ring (bicyclic) bond motifs is 1. The van der Waals surface area contributed by atoms with Gasteiger partial charge in [0.05, 0.1) is 16.9 Å². The topological polar surface area (TPSA) is 17.8 Å². The number of hydrogen-bond donors (Lipinski definition) is 0. The Kier molecular flexibility index (Phi) is 3.53. The SMILES string of the molecule is Cc1ccc2nc(CCl)n(CC3CCCS3)c2c1. The summed E-state index contributed by atoms with van der Waals surface area (Å²) in [6, 6.07) is 6.43. The number of benzene rings is 1. The molecule has 0 aliphatic carbocycles. The minimum atomic E-state index is 0.491. The highest BCUT2D eigenvalue weighted by atomic mass is 35.5. The van der Waals surface area contributed by atoms with Gasteiger partial charge in [-0.3, -0.25) is 0 Å². The summed E-state index contributed by atoms with van der Waals surface area (Å²) in [6.07, 6.45) is 2.66. The second kappa shape index (κ2) is 5.14. The average molecular weight is 281 g/mol. The fraction of sp³-hybridized carbons (Fsp3) is 0.500. The summed E-state index contributed by atoms with van der Waals surface area (Å²) in [6.45, 7) is 3.17. The summed E-state index contributed by atoms with van der Waals surface area (Å²) in [5.41, 5.74) is 3.58. The van der Waals surface area contributed by atoms with Crippen LogP contribution in [0.2, 0.25) is 0 Å². The number of imidazole rings is 1. The maximum atomic E-state index is 6.04. The zero-order chi connectivity index (χ0) is 12.5. The molecule has 1 saturated heterocycles. The highest BCUT2D eigenvalue weighted by Gasteiger charge is 2.19. The first-order chi connectivity index (χ1) is 8.78. The van der Waals surface area contributed by atoms with Crippen LogP contribution < -0.4 is 0 Å². The Labute approximate surface area is 117 Å². The minimum absolute atomic E-state index is 0.491. The molecule has 1 unspecified atom stereocenters. The van der Waals surface area contributed by atoms with Crippen molar-refractivity contribution in [3.63, 3.8) is 0 Å². The van der Waals surface area contributed by atoms with Gasteiger partial charge < -0.3 is 4.57 Å². The van der Waals surface area contributed by atoms with E-state index in [1.165, 1.54) is 29.7 Å². The normalized spacial score (nSPS) is 19.8. The van der Waals surface area contributed by atoms with Gasteiger partial charge in [0.25, 0.3) is 0 Å². The number of hydrogen-bond acceptors (Lipinski definition) is 2. The Morgan fingerprint density at radius 3 is 3.11 bits per heavy atom. The van der Waals surface area contributed by atoms with Crippen LogP contribution in [-0.2, 0) is 12.4 Å². The number of nitrogens with zero attached hydrogens (tertiary/aromatic N) is 2. The van der Waals surface area contributed by atoms with E-state index in [-0.39, 0.29) is 0 Å². The summed E-state index contributed by atoms with van der Waals surface area (Å²) in [5.74, 6) is 2.79. The van der Waals surface area contributed by atoms with Crippen LogP contribution in [-0.4, -0.2) is 20.6 Å². The Balaban J connectivity index is 2.03. The summed E-state index contributed by atoms with van der Waals surface area (Å²) in [4.78, 5) is 4.64. The molecule has 2 heterocycles. The molecule has 1 aromatic carbocycles. The molecule has 3 rings (SSSR count). The summed E-state index contributed by atoms with van der Waals surface area (Å²) < 4.78 is 2.32. The zero-order valence-corrected chi connectivity index (χ0v) is 12.1. The molecule has 4 heteroatoms. The highest BCUT2D eigenvalue weighted by molar-refractivity contribution is 8.00. The quantitative estimate of drug-likeness (QED) is 0.792. The fourth-order valence-electron chi connectivity index (χ4n) is 2.58. The number of aryl methyl sites for hydroxylation is 1. The third-order valence-electron chi connectivity index (χ3n) is 3.51. The van der Waals surface area contributed by atoms with E-state index in [4.69, 9.17) is 11.6 Å². The van der Waals surface area contributed by atoms with Crippen molar-refractivity contribution in [1.82, 2.24) is 9.55 Å². The molecule has 2 aromatic rings. The van der Waals surface area contributed by atoms with E-state index in [9.17, 15) is 0 Å². The Hall–Kier alpha value is -0.670. The van der Waals surface area contributed by atoms with E-state index in [1.807, 2.05) is 0 Å². The lowest BCUT2D eigenvalue weighted by Crippen LogP contribution is -2.12. The number of thioether (sulfide) groups is 1. The van der Waals surface area contributed by atoms with Crippen LogP contribution in [0, 0.1) is 6.92 Å². The number of halogens is 1. The molecule has 2 nitrogen and oxygen atoms in total. The van der Waals surface area contributed by atoms with Crippen LogP contribution in [0.25, 0.3) is 11.0 Å². The predicted molar refractivity (Wildman–Crippen MR) is 79.5 cm³/mol. The Morgan fingerprint density at radius 2 is 2.39 bits per heavy atom. The molecule has 1 aliphatic rings. The minimum Gasteiger partial charge on any atom is -0.326 e. The number of alkyl halides is 1. The first-order valence-corrected chi connectivity index (χ1v) is 7.99. The van der Waals surface area contributed by atoms with Crippen molar-refractivity contribution in [3.8, 4) is 0 Å². The van der Waals surface area contributed by atoms with Crippen molar-refractivity contribution in [2.45, 2.75) is 37.4 Å². The molecule has 0 spiro atoms. The highest BCUT2D eigenvalue weighted by Crippen LogP contribution is 2.29. The molecule has 1 fully saturated rings. The first-order valence-electron chi connectivity index (χ1n) is 6.41. The van der Waals surface area contributed by atoms with Gasteiger partial charge in [-0.15, -0.1) is 11.6 Å². The van der Waals surface area contributed by atoms with E-state index < -0.39 is 0 Å². The third-order valence-corrected chi connectivity index (χ3v) is 5.13. The second-order valence-corrected chi connectivity index (χ2v) is 6.57. The van der Waals surface area contributed by atoms with Gasteiger partial charge in [0.15, 0.2) is 0 Å². The van der Waals surface area contributed by atoms with E-state index >= 15 is 0 Å². The number of aromatic nitrogens is 2. The maximum Gasteiger partial charge on any atom is 0.124 e. The van der Waals surface area contributed by atoms with Crippen molar-refractivity contribution < 1.29 is 0 Å². The van der Waals surface area contributed by atoms with E-state index in [1.54, 1.807) is 0 Å². The fourth-order valence-corrected chi connectivity index (χ4v) is 4.04. The van der Waals surface area contributed by atoms with E-state index in [0.29, 0.717) is 5.88 Å². The van der Waals surface area contributed by atoms with Crippen LogP contribution in [0.3, 0.4) is 0 Å². The van der Waals surface area contributed by atoms with Gasteiger partial charge in [0, 0.05) is 11.8 Å². The van der Waals surface area contributed by atoms with Crippen molar-refractivity contribution in [3.05, 3.63) is 29.6 Å². The molecule has 1 aliphatic heterocycles. The molecule has 0 N–H and O–H groups in total. The molecule has 1 aromatic heterocycles. The van der Waals surface area contributed by atoms with Gasteiger partial charge >= 0.3 is 0 Å². The van der Waals surface area contributed by atoms with E-state index in [0.717, 1.165) is 23.1 Å². The van der Waals surface area contributed by atoms with Crippen molar-refractivity contribution in [1.29, 1.82) is 0 Å². The molecule has 0 radical (unpaired) electrons. The molecule has 18 heavy (non-hydrogen) atoms. The summed E-state index contributed by atoms with van der Waals surface area (Å²) in [7, 11) is 0.